The molecule has 0 spiro atoms. The zero-order valence-corrected chi connectivity index (χ0v) is 15.1. The lowest BCUT2D eigenvalue weighted by Crippen LogP contribution is -2.48. The molecule has 2 heterocycles. The van der Waals surface area contributed by atoms with Crippen molar-refractivity contribution >= 4 is 23.4 Å². The monoisotopic (exact) mass is 364 g/mol. The molecular weight excluding hydrogens is 340 g/mol. The van der Waals surface area contributed by atoms with Crippen LogP contribution in [0.25, 0.3) is 0 Å². The van der Waals surface area contributed by atoms with Crippen LogP contribution in [0.2, 0.25) is 5.02 Å². The molecule has 0 radical (unpaired) electrons. The molecule has 1 atom stereocenters. The first-order chi connectivity index (χ1) is 12.1. The number of benzene rings is 1. The summed E-state index contributed by atoms with van der Waals surface area (Å²) < 4.78 is 0. The molecule has 0 saturated carbocycles. The molecule has 0 unspecified atom stereocenters. The molecule has 1 aromatic rings. The van der Waals surface area contributed by atoms with Gasteiger partial charge in [0.05, 0.1) is 5.92 Å². The van der Waals surface area contributed by atoms with E-state index in [0.29, 0.717) is 50.0 Å². The van der Waals surface area contributed by atoms with E-state index in [4.69, 9.17) is 11.6 Å². The van der Waals surface area contributed by atoms with Gasteiger partial charge in [0.25, 0.3) is 0 Å². The van der Waals surface area contributed by atoms with E-state index in [2.05, 4.69) is 0 Å². The molecule has 0 bridgehead atoms. The zero-order chi connectivity index (χ0) is 17.8. The maximum absolute atomic E-state index is 12.8. The van der Waals surface area contributed by atoms with Crippen LogP contribution >= 0.6 is 11.6 Å². The van der Waals surface area contributed by atoms with Gasteiger partial charge in [0.2, 0.25) is 11.8 Å². The van der Waals surface area contributed by atoms with E-state index in [-0.39, 0.29) is 24.3 Å². The standard InChI is InChI=1S/C19H25ClN2O3/c20-17-4-1-14(2-5-17)11-22-12-16(3-6-18(22)24)19(25)21-9-7-15(13-23)8-10-21/h1-2,4-5,15-16,23H,3,6-13H2/t16-/m1/s1. The molecule has 2 amide bonds. The van der Waals surface area contributed by atoms with E-state index in [1.54, 1.807) is 4.90 Å². The molecule has 1 N–H and O–H groups in total. The third kappa shape index (κ3) is 4.53. The number of piperidine rings is 2. The molecule has 2 fully saturated rings. The van der Waals surface area contributed by atoms with E-state index in [9.17, 15) is 14.7 Å². The summed E-state index contributed by atoms with van der Waals surface area (Å²) in [6.07, 6.45) is 2.79. The van der Waals surface area contributed by atoms with Gasteiger partial charge in [0.15, 0.2) is 0 Å². The highest BCUT2D eigenvalue weighted by Crippen LogP contribution is 2.25. The second kappa shape index (κ2) is 8.19. The number of nitrogens with zero attached hydrogens (tertiary/aromatic N) is 2. The molecule has 1 aromatic carbocycles. The van der Waals surface area contributed by atoms with Crippen molar-refractivity contribution in [2.75, 3.05) is 26.2 Å². The van der Waals surface area contributed by atoms with E-state index in [1.165, 1.54) is 0 Å². The molecule has 2 saturated heterocycles. The van der Waals surface area contributed by atoms with E-state index >= 15 is 0 Å². The lowest BCUT2D eigenvalue weighted by atomic mass is 9.92. The quantitative estimate of drug-likeness (QED) is 0.891. The number of halogens is 1. The lowest BCUT2D eigenvalue weighted by molar-refractivity contribution is -0.144. The Balaban J connectivity index is 1.59. The summed E-state index contributed by atoms with van der Waals surface area (Å²) in [5.74, 6) is 0.469. The van der Waals surface area contributed by atoms with Crippen molar-refractivity contribution in [1.82, 2.24) is 9.80 Å². The van der Waals surface area contributed by atoms with Crippen LogP contribution in [-0.4, -0.2) is 53.0 Å². The first kappa shape index (κ1) is 18.2. The summed E-state index contributed by atoms with van der Waals surface area (Å²) in [5.41, 5.74) is 1.02. The molecule has 2 aliphatic heterocycles. The number of likely N-dealkylation sites (tertiary alicyclic amines) is 2. The van der Waals surface area contributed by atoms with Gasteiger partial charge in [-0.1, -0.05) is 23.7 Å². The van der Waals surface area contributed by atoms with Crippen molar-refractivity contribution in [3.8, 4) is 0 Å². The van der Waals surface area contributed by atoms with Gasteiger partial charge in [0.1, 0.15) is 0 Å². The molecule has 6 heteroatoms. The maximum Gasteiger partial charge on any atom is 0.227 e. The third-order valence-electron chi connectivity index (χ3n) is 5.32. The molecule has 0 aromatic heterocycles. The van der Waals surface area contributed by atoms with Crippen LogP contribution in [-0.2, 0) is 16.1 Å². The second-order valence-corrected chi connectivity index (χ2v) is 7.52. The fraction of sp³-hybridized carbons (Fsp3) is 0.579. The highest BCUT2D eigenvalue weighted by atomic mass is 35.5. The van der Waals surface area contributed by atoms with Gasteiger partial charge in [-0.15, -0.1) is 0 Å². The first-order valence-corrected chi connectivity index (χ1v) is 9.36. The average Bonchev–Trinajstić information content (AvgIpc) is 2.65. The minimum absolute atomic E-state index is 0.109. The Kier molecular flexibility index (Phi) is 5.97. The van der Waals surface area contributed by atoms with Crippen molar-refractivity contribution in [2.45, 2.75) is 32.2 Å². The number of hydrogen-bond acceptors (Lipinski definition) is 3. The Morgan fingerprint density at radius 2 is 1.84 bits per heavy atom. The number of amides is 2. The number of aliphatic hydroxyl groups is 1. The minimum atomic E-state index is -0.115. The molecule has 2 aliphatic rings. The summed E-state index contributed by atoms with van der Waals surface area (Å²) in [5, 5.41) is 9.90. The smallest absolute Gasteiger partial charge is 0.227 e. The van der Waals surface area contributed by atoms with Crippen LogP contribution in [0.3, 0.4) is 0 Å². The Labute approximate surface area is 153 Å². The van der Waals surface area contributed by atoms with Gasteiger partial charge in [-0.05, 0) is 42.9 Å². The Bertz CT molecular complexity index is 612. The van der Waals surface area contributed by atoms with E-state index < -0.39 is 0 Å². The predicted octanol–water partition coefficient (Wildman–Crippen LogP) is 2.31. The summed E-state index contributed by atoms with van der Waals surface area (Å²) >= 11 is 5.91. The van der Waals surface area contributed by atoms with Crippen molar-refractivity contribution in [1.29, 1.82) is 0 Å². The Morgan fingerprint density at radius 1 is 1.16 bits per heavy atom. The number of carbonyl (C=O) groups excluding carboxylic acids is 2. The summed E-state index contributed by atoms with van der Waals surface area (Å²) in [6, 6.07) is 7.47. The van der Waals surface area contributed by atoms with Gasteiger partial charge < -0.3 is 14.9 Å². The molecule has 0 aliphatic carbocycles. The van der Waals surface area contributed by atoms with Crippen molar-refractivity contribution < 1.29 is 14.7 Å². The van der Waals surface area contributed by atoms with Crippen LogP contribution < -0.4 is 0 Å². The summed E-state index contributed by atoms with van der Waals surface area (Å²) in [4.78, 5) is 28.7. The number of hydrogen-bond donors (Lipinski definition) is 1. The SMILES string of the molecule is O=C1CC[C@@H](C(=O)N2CCC(CO)CC2)CN1Cc1ccc(Cl)cc1. The fourth-order valence-electron chi connectivity index (χ4n) is 3.67. The average molecular weight is 365 g/mol. The van der Waals surface area contributed by atoms with Crippen LogP contribution in [0.4, 0.5) is 0 Å². The topological polar surface area (TPSA) is 60.9 Å². The third-order valence-corrected chi connectivity index (χ3v) is 5.57. The summed E-state index contributed by atoms with van der Waals surface area (Å²) in [7, 11) is 0. The predicted molar refractivity (Wildman–Crippen MR) is 96.0 cm³/mol. The van der Waals surface area contributed by atoms with Crippen molar-refractivity contribution in [2.24, 2.45) is 11.8 Å². The molecule has 25 heavy (non-hydrogen) atoms. The first-order valence-electron chi connectivity index (χ1n) is 8.98. The highest BCUT2D eigenvalue weighted by Gasteiger charge is 2.34. The van der Waals surface area contributed by atoms with Crippen molar-refractivity contribution in [3.63, 3.8) is 0 Å². The van der Waals surface area contributed by atoms with Gasteiger partial charge in [0, 0.05) is 44.2 Å². The largest absolute Gasteiger partial charge is 0.396 e. The van der Waals surface area contributed by atoms with Gasteiger partial charge in [-0.2, -0.15) is 0 Å². The molecule has 3 rings (SSSR count). The van der Waals surface area contributed by atoms with Crippen LogP contribution in [0.5, 0.6) is 0 Å². The Hall–Kier alpha value is -1.59. The van der Waals surface area contributed by atoms with Gasteiger partial charge in [-0.3, -0.25) is 9.59 Å². The van der Waals surface area contributed by atoms with Gasteiger partial charge >= 0.3 is 0 Å². The van der Waals surface area contributed by atoms with Crippen LogP contribution in [0.1, 0.15) is 31.2 Å². The lowest BCUT2D eigenvalue weighted by Gasteiger charge is -2.37. The zero-order valence-electron chi connectivity index (χ0n) is 14.4. The number of aliphatic hydroxyl groups excluding tert-OH is 1. The van der Waals surface area contributed by atoms with E-state index in [0.717, 1.165) is 18.4 Å². The molecule has 136 valence electrons. The second-order valence-electron chi connectivity index (χ2n) is 7.09. The minimum Gasteiger partial charge on any atom is -0.396 e. The highest BCUT2D eigenvalue weighted by molar-refractivity contribution is 6.30. The van der Waals surface area contributed by atoms with E-state index in [1.807, 2.05) is 29.2 Å². The Morgan fingerprint density at radius 3 is 2.48 bits per heavy atom. The van der Waals surface area contributed by atoms with Crippen molar-refractivity contribution in [3.05, 3.63) is 34.9 Å². The molecule has 5 nitrogen and oxygen atoms in total. The fourth-order valence-corrected chi connectivity index (χ4v) is 3.80. The van der Waals surface area contributed by atoms with Crippen LogP contribution in [0.15, 0.2) is 24.3 Å². The molecular formula is C19H25ClN2O3. The number of rotatable bonds is 4. The number of carbonyl (C=O) groups is 2. The van der Waals surface area contributed by atoms with Crippen LogP contribution in [0, 0.1) is 11.8 Å². The summed E-state index contributed by atoms with van der Waals surface area (Å²) in [6.45, 7) is 2.64. The van der Waals surface area contributed by atoms with Gasteiger partial charge in [-0.25, -0.2) is 0 Å². The maximum atomic E-state index is 12.8. The normalized spacial score (nSPS) is 22.3.